The molecule has 92 valence electrons. The molecule has 5 heteroatoms. The third-order valence-corrected chi connectivity index (χ3v) is 2.64. The average Bonchev–Trinajstić information content (AvgIpc) is 2.34. The molecule has 2 aromatic rings. The topological polar surface area (TPSA) is 62.2 Å². The summed E-state index contributed by atoms with van der Waals surface area (Å²) in [6.07, 6.45) is 1.55. The van der Waals surface area contributed by atoms with Crippen LogP contribution in [0.15, 0.2) is 36.5 Å². The second-order valence-corrected chi connectivity index (χ2v) is 4.24. The zero-order valence-corrected chi connectivity index (χ0v) is 10.4. The lowest BCUT2D eigenvalue weighted by Crippen LogP contribution is -2.03. The molecule has 1 aromatic heterocycles. The molecule has 0 fully saturated rings. The Labute approximate surface area is 109 Å². The minimum Gasteiger partial charge on any atom is -0.478 e. The van der Waals surface area contributed by atoms with Crippen molar-refractivity contribution in [2.24, 2.45) is 0 Å². The van der Waals surface area contributed by atoms with Crippen LogP contribution in [0.2, 0.25) is 5.15 Å². The van der Waals surface area contributed by atoms with Crippen molar-refractivity contribution in [1.29, 1.82) is 0 Å². The SMILES string of the molecule is Cc1ccc(Nc2ccc(Cl)nc2)c(C(=O)O)c1. The molecule has 18 heavy (non-hydrogen) atoms. The number of anilines is 2. The lowest BCUT2D eigenvalue weighted by molar-refractivity contribution is 0.0698. The maximum absolute atomic E-state index is 11.1. The smallest absolute Gasteiger partial charge is 0.337 e. The third kappa shape index (κ3) is 2.78. The van der Waals surface area contributed by atoms with E-state index in [2.05, 4.69) is 10.3 Å². The van der Waals surface area contributed by atoms with Crippen LogP contribution in [0.1, 0.15) is 15.9 Å². The van der Waals surface area contributed by atoms with Gasteiger partial charge in [0.2, 0.25) is 0 Å². The number of carboxylic acid groups (broad SMARTS) is 1. The average molecular weight is 263 g/mol. The number of carbonyl (C=O) groups is 1. The number of carboxylic acids is 1. The molecule has 2 N–H and O–H groups in total. The number of halogens is 1. The van der Waals surface area contributed by atoms with Crippen LogP contribution in [0.3, 0.4) is 0 Å². The quantitative estimate of drug-likeness (QED) is 0.831. The molecule has 0 saturated heterocycles. The van der Waals surface area contributed by atoms with E-state index in [0.29, 0.717) is 16.5 Å². The Kier molecular flexibility index (Phi) is 3.48. The summed E-state index contributed by atoms with van der Waals surface area (Å²) in [6.45, 7) is 1.85. The lowest BCUT2D eigenvalue weighted by Gasteiger charge is -2.10. The lowest BCUT2D eigenvalue weighted by atomic mass is 10.1. The Morgan fingerprint density at radius 3 is 2.72 bits per heavy atom. The highest BCUT2D eigenvalue weighted by Gasteiger charge is 2.10. The van der Waals surface area contributed by atoms with Crippen molar-refractivity contribution in [3.63, 3.8) is 0 Å². The van der Waals surface area contributed by atoms with E-state index in [4.69, 9.17) is 16.7 Å². The molecule has 0 bridgehead atoms. The van der Waals surface area contributed by atoms with Gasteiger partial charge in [0.15, 0.2) is 0 Å². The van der Waals surface area contributed by atoms with E-state index in [1.807, 2.05) is 13.0 Å². The minimum atomic E-state index is -0.969. The van der Waals surface area contributed by atoms with Gasteiger partial charge in [-0.25, -0.2) is 9.78 Å². The highest BCUT2D eigenvalue weighted by molar-refractivity contribution is 6.29. The highest BCUT2D eigenvalue weighted by atomic mass is 35.5. The molecule has 1 heterocycles. The molecule has 0 aliphatic carbocycles. The van der Waals surface area contributed by atoms with E-state index in [1.165, 1.54) is 0 Å². The fraction of sp³-hybridized carbons (Fsp3) is 0.0769. The van der Waals surface area contributed by atoms with Gasteiger partial charge in [0.05, 0.1) is 23.1 Å². The summed E-state index contributed by atoms with van der Waals surface area (Å²) in [6, 6.07) is 8.57. The van der Waals surface area contributed by atoms with Crippen molar-refractivity contribution in [2.45, 2.75) is 6.92 Å². The van der Waals surface area contributed by atoms with Crippen LogP contribution < -0.4 is 5.32 Å². The number of rotatable bonds is 3. The summed E-state index contributed by atoms with van der Waals surface area (Å²) >= 11 is 5.68. The maximum atomic E-state index is 11.1. The van der Waals surface area contributed by atoms with Gasteiger partial charge in [-0.15, -0.1) is 0 Å². The molecule has 0 amide bonds. The van der Waals surface area contributed by atoms with E-state index in [9.17, 15) is 4.79 Å². The van der Waals surface area contributed by atoms with Gasteiger partial charge in [-0.1, -0.05) is 23.2 Å². The minimum absolute atomic E-state index is 0.227. The number of aromatic nitrogens is 1. The van der Waals surface area contributed by atoms with Crippen molar-refractivity contribution >= 4 is 28.9 Å². The molecule has 1 aromatic carbocycles. The van der Waals surface area contributed by atoms with Crippen molar-refractivity contribution in [3.8, 4) is 0 Å². The van der Waals surface area contributed by atoms with Gasteiger partial charge < -0.3 is 10.4 Å². The standard InChI is InChI=1S/C13H11ClN2O2/c1-8-2-4-11(10(6-8)13(17)18)16-9-3-5-12(14)15-7-9/h2-7,16H,1H3,(H,17,18). The molecular weight excluding hydrogens is 252 g/mol. The largest absolute Gasteiger partial charge is 0.478 e. The zero-order chi connectivity index (χ0) is 13.1. The number of nitrogens with one attached hydrogen (secondary N) is 1. The summed E-state index contributed by atoms with van der Waals surface area (Å²) in [5.74, 6) is -0.969. The Morgan fingerprint density at radius 2 is 2.11 bits per heavy atom. The van der Waals surface area contributed by atoms with E-state index in [0.717, 1.165) is 5.56 Å². The second-order valence-electron chi connectivity index (χ2n) is 3.85. The van der Waals surface area contributed by atoms with Gasteiger partial charge in [0.1, 0.15) is 5.15 Å². The first-order chi connectivity index (χ1) is 8.56. The number of aromatic carboxylic acids is 1. The molecule has 0 saturated carbocycles. The van der Waals surface area contributed by atoms with Crippen LogP contribution in [0.5, 0.6) is 0 Å². The number of aryl methyl sites for hydroxylation is 1. The molecule has 0 aliphatic heterocycles. The first-order valence-electron chi connectivity index (χ1n) is 5.29. The first kappa shape index (κ1) is 12.4. The number of nitrogens with zero attached hydrogens (tertiary/aromatic N) is 1. The molecule has 0 radical (unpaired) electrons. The van der Waals surface area contributed by atoms with Crippen molar-refractivity contribution in [1.82, 2.24) is 4.98 Å². The third-order valence-electron chi connectivity index (χ3n) is 2.41. The predicted molar refractivity (Wildman–Crippen MR) is 70.7 cm³/mol. The molecule has 0 unspecified atom stereocenters. The molecule has 2 rings (SSSR count). The molecule has 0 spiro atoms. The maximum Gasteiger partial charge on any atom is 0.337 e. The van der Waals surface area contributed by atoms with Crippen molar-refractivity contribution < 1.29 is 9.90 Å². The van der Waals surface area contributed by atoms with Gasteiger partial charge in [-0.2, -0.15) is 0 Å². The van der Waals surface area contributed by atoms with Gasteiger partial charge in [0, 0.05) is 0 Å². The van der Waals surface area contributed by atoms with Crippen molar-refractivity contribution in [3.05, 3.63) is 52.8 Å². The number of benzene rings is 1. The second kappa shape index (κ2) is 5.06. The number of hydrogen-bond acceptors (Lipinski definition) is 3. The van der Waals surface area contributed by atoms with E-state index < -0.39 is 5.97 Å². The summed E-state index contributed by atoms with van der Waals surface area (Å²) in [7, 11) is 0. The predicted octanol–water partition coefficient (Wildman–Crippen LogP) is 3.49. The summed E-state index contributed by atoms with van der Waals surface area (Å²) in [5.41, 5.74) is 2.33. The van der Waals surface area contributed by atoms with Gasteiger partial charge in [0.25, 0.3) is 0 Å². The molecule has 0 aliphatic rings. The van der Waals surface area contributed by atoms with Crippen LogP contribution in [-0.2, 0) is 0 Å². The summed E-state index contributed by atoms with van der Waals surface area (Å²) in [5, 5.41) is 12.5. The molecule has 4 nitrogen and oxygen atoms in total. The number of hydrogen-bond donors (Lipinski definition) is 2. The fourth-order valence-electron chi connectivity index (χ4n) is 1.55. The fourth-order valence-corrected chi connectivity index (χ4v) is 1.66. The molecular formula is C13H11ClN2O2. The van der Waals surface area contributed by atoms with Gasteiger partial charge in [-0.3, -0.25) is 0 Å². The zero-order valence-electron chi connectivity index (χ0n) is 9.64. The van der Waals surface area contributed by atoms with E-state index in [-0.39, 0.29) is 5.56 Å². The summed E-state index contributed by atoms with van der Waals surface area (Å²) < 4.78 is 0. The van der Waals surface area contributed by atoms with Gasteiger partial charge in [-0.05, 0) is 31.2 Å². The van der Waals surface area contributed by atoms with Crippen LogP contribution >= 0.6 is 11.6 Å². The first-order valence-corrected chi connectivity index (χ1v) is 5.66. The van der Waals surface area contributed by atoms with Crippen LogP contribution in [0, 0.1) is 6.92 Å². The summed E-state index contributed by atoms with van der Waals surface area (Å²) in [4.78, 5) is 15.1. The van der Waals surface area contributed by atoms with Crippen molar-refractivity contribution in [2.75, 3.05) is 5.32 Å². The Balaban J connectivity index is 2.34. The normalized spacial score (nSPS) is 10.1. The van der Waals surface area contributed by atoms with Crippen LogP contribution in [0.25, 0.3) is 0 Å². The van der Waals surface area contributed by atoms with Crippen LogP contribution in [-0.4, -0.2) is 16.1 Å². The van der Waals surface area contributed by atoms with Crippen LogP contribution in [0.4, 0.5) is 11.4 Å². The Hall–Kier alpha value is -2.07. The highest BCUT2D eigenvalue weighted by Crippen LogP contribution is 2.22. The van der Waals surface area contributed by atoms with E-state index in [1.54, 1.807) is 30.5 Å². The number of pyridine rings is 1. The van der Waals surface area contributed by atoms with Gasteiger partial charge >= 0.3 is 5.97 Å². The monoisotopic (exact) mass is 262 g/mol. The molecule has 0 atom stereocenters. The van der Waals surface area contributed by atoms with E-state index >= 15 is 0 Å². The Bertz CT molecular complexity index is 582. The Morgan fingerprint density at radius 1 is 1.33 bits per heavy atom.